The molecule has 0 fully saturated rings. The van der Waals surface area contributed by atoms with Crippen LogP contribution in [0.2, 0.25) is 0 Å². The van der Waals surface area contributed by atoms with Crippen molar-refractivity contribution in [3.8, 4) is 5.75 Å². The van der Waals surface area contributed by atoms with E-state index in [-0.39, 0.29) is 18.9 Å². The number of benzene rings is 2. The van der Waals surface area contributed by atoms with Gasteiger partial charge in [0.25, 0.3) is 0 Å². The molecule has 0 bridgehead atoms. The first-order valence-corrected chi connectivity index (χ1v) is 10.8. The average molecular weight is 456 g/mol. The van der Waals surface area contributed by atoms with Crippen molar-refractivity contribution in [3.63, 3.8) is 0 Å². The number of carbonyl (C=O) groups is 2. The van der Waals surface area contributed by atoms with E-state index >= 15 is 0 Å². The second kappa shape index (κ2) is 11.8. The number of ether oxygens (including phenoxy) is 3. The third-order valence-electron chi connectivity index (χ3n) is 4.24. The van der Waals surface area contributed by atoms with Crippen molar-refractivity contribution < 1.29 is 23.8 Å². The highest BCUT2D eigenvalue weighted by Crippen LogP contribution is 2.18. The number of methoxy groups -OCH3 is 1. The van der Waals surface area contributed by atoms with Crippen molar-refractivity contribution in [3.05, 3.63) is 70.2 Å². The van der Waals surface area contributed by atoms with E-state index in [9.17, 15) is 9.59 Å². The molecule has 0 atom stereocenters. The van der Waals surface area contributed by atoms with E-state index in [4.69, 9.17) is 14.2 Å². The first kappa shape index (κ1) is 23.2. The smallest absolute Gasteiger partial charge is 0.411 e. The minimum absolute atomic E-state index is 0.137. The van der Waals surface area contributed by atoms with Gasteiger partial charge in [0.2, 0.25) is 5.91 Å². The zero-order chi connectivity index (χ0) is 22.8. The second-order valence-corrected chi connectivity index (χ2v) is 7.84. The van der Waals surface area contributed by atoms with Gasteiger partial charge in [-0.25, -0.2) is 9.78 Å². The average Bonchev–Trinajstić information content (AvgIpc) is 3.21. The molecule has 168 valence electrons. The van der Waals surface area contributed by atoms with E-state index in [2.05, 4.69) is 15.6 Å². The molecule has 0 unspecified atom stereocenters. The Morgan fingerprint density at radius 1 is 1.03 bits per heavy atom. The summed E-state index contributed by atoms with van der Waals surface area (Å²) >= 11 is 1.45. The lowest BCUT2D eigenvalue weighted by molar-refractivity contribution is -0.115. The molecule has 0 spiro atoms. The fourth-order valence-corrected chi connectivity index (χ4v) is 3.40. The minimum Gasteiger partial charge on any atom is -0.486 e. The summed E-state index contributed by atoms with van der Waals surface area (Å²) in [6.07, 6.45) is -0.453. The SMILES string of the molecule is COCCOC(=O)Nc1cccc(NC(=O)Cc2csc(COc3ccc(C)cc3)n2)c1. The summed E-state index contributed by atoms with van der Waals surface area (Å²) in [6, 6.07) is 14.6. The predicted octanol–water partition coefficient (Wildman–Crippen LogP) is 4.41. The number of nitrogens with zero attached hydrogens (tertiary/aromatic N) is 1. The normalized spacial score (nSPS) is 10.4. The van der Waals surface area contributed by atoms with Crippen molar-refractivity contribution in [1.29, 1.82) is 0 Å². The summed E-state index contributed by atoms with van der Waals surface area (Å²) < 4.78 is 15.5. The lowest BCUT2D eigenvalue weighted by Gasteiger charge is -2.09. The number of rotatable bonds is 10. The Hall–Kier alpha value is -3.43. The third-order valence-corrected chi connectivity index (χ3v) is 5.11. The van der Waals surface area contributed by atoms with E-state index in [1.54, 1.807) is 24.3 Å². The van der Waals surface area contributed by atoms with Crippen molar-refractivity contribution in [2.75, 3.05) is 31.0 Å². The molecule has 2 aromatic carbocycles. The maximum Gasteiger partial charge on any atom is 0.411 e. The second-order valence-electron chi connectivity index (χ2n) is 6.89. The summed E-state index contributed by atoms with van der Waals surface area (Å²) in [5.41, 5.74) is 2.91. The van der Waals surface area contributed by atoms with Gasteiger partial charge in [0.05, 0.1) is 18.7 Å². The number of anilines is 2. The van der Waals surface area contributed by atoms with Gasteiger partial charge in [0, 0.05) is 23.9 Å². The molecule has 1 aromatic heterocycles. The summed E-state index contributed by atoms with van der Waals surface area (Å²) in [5, 5.41) is 8.06. The van der Waals surface area contributed by atoms with Crippen molar-refractivity contribution in [2.45, 2.75) is 20.0 Å². The number of carbonyl (C=O) groups excluding carboxylic acids is 2. The largest absolute Gasteiger partial charge is 0.486 e. The number of hydrogen-bond acceptors (Lipinski definition) is 7. The maximum atomic E-state index is 12.4. The molecular formula is C23H25N3O5S. The van der Waals surface area contributed by atoms with Gasteiger partial charge in [-0.3, -0.25) is 10.1 Å². The Balaban J connectivity index is 1.47. The predicted molar refractivity (Wildman–Crippen MR) is 123 cm³/mol. The van der Waals surface area contributed by atoms with E-state index in [1.807, 2.05) is 36.6 Å². The van der Waals surface area contributed by atoms with E-state index in [0.717, 1.165) is 10.8 Å². The Labute approximate surface area is 190 Å². The van der Waals surface area contributed by atoms with Crippen LogP contribution in [0, 0.1) is 6.92 Å². The third kappa shape index (κ3) is 7.68. The van der Waals surface area contributed by atoms with Gasteiger partial charge in [0.15, 0.2) is 0 Å². The molecule has 32 heavy (non-hydrogen) atoms. The number of hydrogen-bond donors (Lipinski definition) is 2. The van der Waals surface area contributed by atoms with Crippen LogP contribution in [0.25, 0.3) is 0 Å². The Morgan fingerprint density at radius 3 is 2.53 bits per heavy atom. The number of nitrogens with one attached hydrogen (secondary N) is 2. The monoisotopic (exact) mass is 455 g/mol. The van der Waals surface area contributed by atoms with E-state index in [1.165, 1.54) is 24.0 Å². The molecule has 0 saturated heterocycles. The highest BCUT2D eigenvalue weighted by molar-refractivity contribution is 7.09. The molecule has 3 aromatic rings. The van der Waals surface area contributed by atoms with Crippen LogP contribution in [-0.4, -0.2) is 37.3 Å². The van der Waals surface area contributed by atoms with Crippen LogP contribution >= 0.6 is 11.3 Å². The zero-order valence-electron chi connectivity index (χ0n) is 17.9. The fraction of sp³-hybridized carbons (Fsp3) is 0.261. The lowest BCUT2D eigenvalue weighted by Crippen LogP contribution is -2.17. The molecule has 0 radical (unpaired) electrons. The van der Waals surface area contributed by atoms with E-state index < -0.39 is 6.09 Å². The first-order chi connectivity index (χ1) is 15.5. The lowest BCUT2D eigenvalue weighted by atomic mass is 10.2. The Morgan fingerprint density at radius 2 is 1.78 bits per heavy atom. The molecule has 3 rings (SSSR count). The summed E-state index contributed by atoms with van der Waals surface area (Å²) in [4.78, 5) is 28.6. The highest BCUT2D eigenvalue weighted by atomic mass is 32.1. The molecule has 2 amide bonds. The van der Waals surface area contributed by atoms with Gasteiger partial charge >= 0.3 is 6.09 Å². The number of aryl methyl sites for hydroxylation is 1. The molecule has 0 aliphatic rings. The van der Waals surface area contributed by atoms with Gasteiger partial charge in [0.1, 0.15) is 24.0 Å². The van der Waals surface area contributed by atoms with Gasteiger partial charge in [-0.15, -0.1) is 11.3 Å². The minimum atomic E-state index is -0.589. The number of aromatic nitrogens is 1. The van der Waals surface area contributed by atoms with Gasteiger partial charge in [-0.1, -0.05) is 23.8 Å². The fourth-order valence-electron chi connectivity index (χ4n) is 2.69. The Bertz CT molecular complexity index is 1040. The molecule has 0 saturated carbocycles. The molecule has 2 N–H and O–H groups in total. The molecule has 8 nitrogen and oxygen atoms in total. The van der Waals surface area contributed by atoms with Crippen molar-refractivity contribution >= 4 is 34.7 Å². The van der Waals surface area contributed by atoms with Crippen LogP contribution in [0.5, 0.6) is 5.75 Å². The van der Waals surface area contributed by atoms with Gasteiger partial charge < -0.3 is 19.5 Å². The first-order valence-electron chi connectivity index (χ1n) is 9.97. The summed E-state index contributed by atoms with van der Waals surface area (Å²) in [5.74, 6) is 0.572. The van der Waals surface area contributed by atoms with Gasteiger partial charge in [-0.2, -0.15) is 0 Å². The molecule has 1 heterocycles. The molecule has 0 aliphatic heterocycles. The van der Waals surface area contributed by atoms with Crippen LogP contribution < -0.4 is 15.4 Å². The van der Waals surface area contributed by atoms with Crippen LogP contribution in [0.3, 0.4) is 0 Å². The summed E-state index contributed by atoms with van der Waals surface area (Å²) in [7, 11) is 1.53. The standard InChI is InChI=1S/C23H25N3O5S/c1-16-6-8-20(9-7-16)31-14-22-25-19(15-32-22)13-21(27)24-17-4-3-5-18(12-17)26-23(28)30-11-10-29-2/h3-9,12,15H,10-11,13-14H2,1-2H3,(H,24,27)(H,26,28). The number of amides is 2. The highest BCUT2D eigenvalue weighted by Gasteiger charge is 2.10. The van der Waals surface area contributed by atoms with Gasteiger partial charge in [-0.05, 0) is 37.3 Å². The van der Waals surface area contributed by atoms with Crippen LogP contribution in [-0.2, 0) is 27.3 Å². The zero-order valence-corrected chi connectivity index (χ0v) is 18.7. The van der Waals surface area contributed by atoms with Crippen molar-refractivity contribution in [2.24, 2.45) is 0 Å². The molecular weight excluding hydrogens is 430 g/mol. The van der Waals surface area contributed by atoms with Crippen molar-refractivity contribution in [1.82, 2.24) is 4.98 Å². The van der Waals surface area contributed by atoms with Crippen LogP contribution in [0.1, 0.15) is 16.3 Å². The number of thiazole rings is 1. The van der Waals surface area contributed by atoms with Crippen LogP contribution in [0.4, 0.5) is 16.2 Å². The Kier molecular flexibility index (Phi) is 8.59. The van der Waals surface area contributed by atoms with Crippen LogP contribution in [0.15, 0.2) is 53.9 Å². The topological polar surface area (TPSA) is 98.8 Å². The quantitative estimate of drug-likeness (QED) is 0.440. The molecule has 9 heteroatoms. The molecule has 0 aliphatic carbocycles. The maximum absolute atomic E-state index is 12.4. The summed E-state index contributed by atoms with van der Waals surface area (Å²) in [6.45, 7) is 2.85. The van der Waals surface area contributed by atoms with E-state index in [0.29, 0.717) is 30.3 Å².